The number of aromatic nitrogens is 2. The number of halogens is 1. The molecule has 0 radical (unpaired) electrons. The molecule has 3 aromatic rings. The molecule has 36 heavy (non-hydrogen) atoms. The number of hydrogen-bond donors (Lipinski definition) is 1. The van der Waals surface area contributed by atoms with Gasteiger partial charge in [-0.05, 0) is 48.9 Å². The zero-order valence-electron chi connectivity index (χ0n) is 20.7. The molecular weight excluding hydrogens is 465 g/mol. The Hall–Kier alpha value is -3.77. The number of carboxylic acid groups (broad SMARTS) is 1. The third-order valence-electron chi connectivity index (χ3n) is 6.03. The van der Waals surface area contributed by atoms with Gasteiger partial charge in [-0.3, -0.25) is 9.59 Å². The summed E-state index contributed by atoms with van der Waals surface area (Å²) in [4.78, 5) is 32.2. The van der Waals surface area contributed by atoms with Crippen molar-refractivity contribution in [3.8, 4) is 5.75 Å². The molecule has 9 heteroatoms. The normalized spacial score (nSPS) is 11.9. The lowest BCUT2D eigenvalue weighted by Crippen LogP contribution is -2.12. The molecule has 1 unspecified atom stereocenters. The van der Waals surface area contributed by atoms with Gasteiger partial charge in [-0.15, -0.1) is 0 Å². The third-order valence-corrected chi connectivity index (χ3v) is 6.03. The topological polar surface area (TPSA) is 95.0 Å². The van der Waals surface area contributed by atoms with Gasteiger partial charge >= 0.3 is 5.97 Å². The number of carbonyl (C=O) groups excluding carboxylic acids is 1. The molecule has 0 saturated heterocycles. The molecule has 0 amide bonds. The zero-order valence-corrected chi connectivity index (χ0v) is 20.7. The van der Waals surface area contributed by atoms with Gasteiger partial charge in [-0.25, -0.2) is 14.2 Å². The second-order valence-corrected chi connectivity index (χ2v) is 8.87. The van der Waals surface area contributed by atoms with E-state index in [1.807, 2.05) is 11.6 Å². The highest BCUT2D eigenvalue weighted by molar-refractivity contribution is 6.09. The lowest BCUT2D eigenvalue weighted by Gasteiger charge is -2.11. The summed E-state index contributed by atoms with van der Waals surface area (Å²) in [5, 5.41) is 9.69. The van der Waals surface area contributed by atoms with Crippen molar-refractivity contribution in [3.05, 3.63) is 64.5 Å². The number of pyridine rings is 1. The summed E-state index contributed by atoms with van der Waals surface area (Å²) < 4.78 is 26.2. The van der Waals surface area contributed by atoms with E-state index in [4.69, 9.17) is 21.2 Å². The Labute approximate surface area is 209 Å². The SMILES string of the molecule is [C-]#[N+]c1cnc2c(c1)c(C(=O)CC(C)CC(=O)O)c(CCCCOCc1ccc(F)c(OC)c1)n2C. The van der Waals surface area contributed by atoms with Crippen molar-refractivity contribution >= 4 is 28.5 Å². The molecule has 0 aliphatic rings. The molecule has 0 bridgehead atoms. The van der Waals surface area contributed by atoms with Crippen LogP contribution < -0.4 is 4.74 Å². The molecule has 8 nitrogen and oxygen atoms in total. The van der Waals surface area contributed by atoms with Crippen LogP contribution in [-0.2, 0) is 29.6 Å². The van der Waals surface area contributed by atoms with Crippen LogP contribution in [0, 0.1) is 18.3 Å². The van der Waals surface area contributed by atoms with Crippen molar-refractivity contribution in [3.63, 3.8) is 0 Å². The molecule has 1 N–H and O–H groups in total. The molecule has 0 aliphatic heterocycles. The van der Waals surface area contributed by atoms with E-state index in [0.29, 0.717) is 41.9 Å². The van der Waals surface area contributed by atoms with E-state index in [0.717, 1.165) is 24.1 Å². The second-order valence-electron chi connectivity index (χ2n) is 8.87. The van der Waals surface area contributed by atoms with Crippen molar-refractivity contribution < 1.29 is 28.6 Å². The summed E-state index contributed by atoms with van der Waals surface area (Å²) >= 11 is 0. The molecule has 190 valence electrons. The maximum atomic E-state index is 13.5. The van der Waals surface area contributed by atoms with Gasteiger partial charge in [0, 0.05) is 49.3 Å². The Morgan fingerprint density at radius 2 is 2.03 bits per heavy atom. The van der Waals surface area contributed by atoms with Crippen LogP contribution in [-0.4, -0.2) is 40.1 Å². The average Bonchev–Trinajstić information content (AvgIpc) is 3.12. The second kappa shape index (κ2) is 12.3. The average molecular weight is 496 g/mol. The van der Waals surface area contributed by atoms with Crippen molar-refractivity contribution in [2.24, 2.45) is 13.0 Å². The first-order valence-corrected chi connectivity index (χ1v) is 11.7. The predicted octanol–water partition coefficient (Wildman–Crippen LogP) is 5.49. The molecule has 3 rings (SSSR count). The Bertz CT molecular complexity index is 1290. The van der Waals surface area contributed by atoms with Gasteiger partial charge in [0.1, 0.15) is 5.65 Å². The largest absolute Gasteiger partial charge is 0.494 e. The van der Waals surface area contributed by atoms with Gasteiger partial charge in [-0.2, -0.15) is 0 Å². The minimum absolute atomic E-state index is 0.0886. The fraction of sp³-hybridized carbons (Fsp3) is 0.407. The number of Topliss-reactive ketones (excluding diaryl/α,β-unsaturated/α-hetero) is 1. The first-order chi connectivity index (χ1) is 17.2. The molecule has 0 fully saturated rings. The number of nitrogens with zero attached hydrogens (tertiary/aromatic N) is 3. The van der Waals surface area contributed by atoms with Crippen LogP contribution in [0.1, 0.15) is 54.2 Å². The first kappa shape index (κ1) is 26.8. The molecule has 2 aromatic heterocycles. The van der Waals surface area contributed by atoms with Crippen molar-refractivity contribution in [2.45, 2.75) is 45.6 Å². The summed E-state index contributed by atoms with van der Waals surface area (Å²) in [6, 6.07) is 6.29. The number of fused-ring (bicyclic) bond motifs is 1. The van der Waals surface area contributed by atoms with E-state index >= 15 is 0 Å². The Balaban J connectivity index is 1.69. The Kier molecular flexibility index (Phi) is 9.14. The highest BCUT2D eigenvalue weighted by Crippen LogP contribution is 2.30. The molecule has 2 heterocycles. The summed E-state index contributed by atoms with van der Waals surface area (Å²) in [5.74, 6) is -1.64. The Morgan fingerprint density at radius 3 is 2.72 bits per heavy atom. The lowest BCUT2D eigenvalue weighted by atomic mass is 9.94. The first-order valence-electron chi connectivity index (χ1n) is 11.7. The van der Waals surface area contributed by atoms with Gasteiger partial charge in [-0.1, -0.05) is 13.0 Å². The number of unbranched alkanes of at least 4 members (excludes halogenated alkanes) is 1. The summed E-state index contributed by atoms with van der Waals surface area (Å²) in [7, 11) is 3.26. The maximum absolute atomic E-state index is 13.5. The van der Waals surface area contributed by atoms with Crippen molar-refractivity contribution in [1.29, 1.82) is 0 Å². The van der Waals surface area contributed by atoms with Crippen LogP contribution in [0.4, 0.5) is 10.1 Å². The maximum Gasteiger partial charge on any atom is 0.303 e. The Morgan fingerprint density at radius 1 is 1.25 bits per heavy atom. The van der Waals surface area contributed by atoms with Crippen LogP contribution >= 0.6 is 0 Å². The molecule has 1 aromatic carbocycles. The monoisotopic (exact) mass is 495 g/mol. The number of carboxylic acids is 1. The van der Waals surface area contributed by atoms with Gasteiger partial charge in [0.2, 0.25) is 5.69 Å². The van der Waals surface area contributed by atoms with Gasteiger partial charge < -0.3 is 19.1 Å². The summed E-state index contributed by atoms with van der Waals surface area (Å²) in [6.07, 6.45) is 3.59. The van der Waals surface area contributed by atoms with Crippen LogP contribution in [0.3, 0.4) is 0 Å². The summed E-state index contributed by atoms with van der Waals surface area (Å²) in [5.41, 5.74) is 3.11. The van der Waals surface area contributed by atoms with Gasteiger partial charge in [0.15, 0.2) is 17.3 Å². The number of ether oxygens (including phenoxy) is 2. The van der Waals surface area contributed by atoms with E-state index in [9.17, 15) is 14.0 Å². The molecule has 1 atom stereocenters. The van der Waals surface area contributed by atoms with Crippen LogP contribution in [0.2, 0.25) is 0 Å². The number of aliphatic carboxylic acids is 1. The highest BCUT2D eigenvalue weighted by Gasteiger charge is 2.24. The minimum Gasteiger partial charge on any atom is -0.494 e. The number of aryl methyl sites for hydroxylation is 1. The van der Waals surface area contributed by atoms with Crippen LogP contribution in [0.25, 0.3) is 15.9 Å². The third kappa shape index (κ3) is 6.46. The number of carbonyl (C=O) groups is 2. The smallest absolute Gasteiger partial charge is 0.303 e. The van der Waals surface area contributed by atoms with E-state index in [-0.39, 0.29) is 30.3 Å². The van der Waals surface area contributed by atoms with E-state index < -0.39 is 11.8 Å². The lowest BCUT2D eigenvalue weighted by molar-refractivity contribution is -0.137. The van der Waals surface area contributed by atoms with E-state index in [1.165, 1.54) is 19.4 Å². The number of hydrogen-bond acceptors (Lipinski definition) is 5. The zero-order chi connectivity index (χ0) is 26.2. The molecular formula is C27H30FN3O5. The fourth-order valence-electron chi connectivity index (χ4n) is 4.28. The number of methoxy groups -OCH3 is 1. The molecule has 0 saturated carbocycles. The van der Waals surface area contributed by atoms with Crippen molar-refractivity contribution in [1.82, 2.24) is 9.55 Å². The standard InChI is InChI=1S/C27H30FN3O5/c1-17(12-25(33)34)11-23(32)26-20-14-19(29-2)15-30-27(20)31(3)22(26)7-5-6-10-36-16-18-8-9-21(28)24(13-18)35-4/h8-9,13-15,17H,5-7,10-12,16H2,1,3-4H3,(H,33,34). The van der Waals surface area contributed by atoms with Gasteiger partial charge in [0.25, 0.3) is 0 Å². The predicted molar refractivity (Wildman–Crippen MR) is 133 cm³/mol. The summed E-state index contributed by atoms with van der Waals surface area (Å²) in [6.45, 7) is 9.87. The highest BCUT2D eigenvalue weighted by atomic mass is 19.1. The van der Waals surface area contributed by atoms with E-state index in [1.54, 1.807) is 25.1 Å². The molecule has 0 aliphatic carbocycles. The number of ketones is 1. The van der Waals surface area contributed by atoms with Crippen LogP contribution in [0.5, 0.6) is 5.75 Å². The molecule has 0 spiro atoms. The number of benzene rings is 1. The minimum atomic E-state index is -0.940. The van der Waals surface area contributed by atoms with Crippen molar-refractivity contribution in [2.75, 3.05) is 13.7 Å². The van der Waals surface area contributed by atoms with Crippen LogP contribution in [0.15, 0.2) is 30.5 Å². The fourth-order valence-corrected chi connectivity index (χ4v) is 4.28. The number of rotatable bonds is 13. The van der Waals surface area contributed by atoms with Gasteiger partial charge in [0.05, 0.1) is 20.3 Å². The van der Waals surface area contributed by atoms with E-state index in [2.05, 4.69) is 9.83 Å². The quantitative estimate of drug-likeness (QED) is 0.191.